The molecule has 1 aliphatic rings. The summed E-state index contributed by atoms with van der Waals surface area (Å²) in [6.45, 7) is 0.363. The molecular weight excluding hydrogens is 226 g/mol. The van der Waals surface area contributed by atoms with Crippen molar-refractivity contribution in [3.63, 3.8) is 0 Å². The molecule has 1 fully saturated rings. The molecule has 0 radical (unpaired) electrons. The maximum atomic E-state index is 11.3. The van der Waals surface area contributed by atoms with E-state index in [2.05, 4.69) is 5.32 Å². The molecule has 0 bridgehead atoms. The summed E-state index contributed by atoms with van der Waals surface area (Å²) in [5, 5.41) is 3.48. The van der Waals surface area contributed by atoms with Crippen LogP contribution in [0.5, 0.6) is 5.75 Å². The fraction of sp³-hybridized carbons (Fsp3) is 0.417. The minimum atomic E-state index is 0.0505. The highest BCUT2D eigenvalue weighted by Gasteiger charge is 2.22. The standard InChI is InChI=1S/C12H14ClNO2/c13-10-3-1-2-4-11(10)16-8-7-12(15)14-9-5-6-9/h1-4,9H,5-8H2,(H,14,15). The van der Waals surface area contributed by atoms with Crippen LogP contribution in [0.4, 0.5) is 0 Å². The van der Waals surface area contributed by atoms with Crippen molar-refractivity contribution in [2.75, 3.05) is 6.61 Å². The number of carbonyl (C=O) groups is 1. The van der Waals surface area contributed by atoms with Gasteiger partial charge in [0.25, 0.3) is 0 Å². The number of ether oxygens (including phenoxy) is 1. The third kappa shape index (κ3) is 3.42. The summed E-state index contributed by atoms with van der Waals surface area (Å²) in [6.07, 6.45) is 2.59. The van der Waals surface area contributed by atoms with Crippen LogP contribution >= 0.6 is 11.6 Å². The highest BCUT2D eigenvalue weighted by Crippen LogP contribution is 2.23. The second kappa shape index (κ2) is 5.21. The van der Waals surface area contributed by atoms with Crippen molar-refractivity contribution in [2.24, 2.45) is 0 Å². The Morgan fingerprint density at radius 2 is 2.19 bits per heavy atom. The Balaban J connectivity index is 1.70. The molecule has 16 heavy (non-hydrogen) atoms. The average Bonchev–Trinajstić information content (AvgIpc) is 3.05. The highest BCUT2D eigenvalue weighted by molar-refractivity contribution is 6.32. The Morgan fingerprint density at radius 1 is 1.44 bits per heavy atom. The first kappa shape index (κ1) is 11.3. The zero-order valence-electron chi connectivity index (χ0n) is 8.91. The quantitative estimate of drug-likeness (QED) is 0.857. The molecule has 0 heterocycles. The van der Waals surface area contributed by atoms with E-state index in [0.29, 0.717) is 29.8 Å². The van der Waals surface area contributed by atoms with Crippen molar-refractivity contribution in [3.05, 3.63) is 29.3 Å². The van der Waals surface area contributed by atoms with Crippen molar-refractivity contribution >= 4 is 17.5 Å². The van der Waals surface area contributed by atoms with E-state index in [0.717, 1.165) is 12.8 Å². The van der Waals surface area contributed by atoms with Crippen molar-refractivity contribution < 1.29 is 9.53 Å². The molecule has 0 unspecified atom stereocenters. The molecule has 0 aromatic heterocycles. The van der Waals surface area contributed by atoms with Gasteiger partial charge in [-0.2, -0.15) is 0 Å². The van der Waals surface area contributed by atoms with Crippen LogP contribution in [0.2, 0.25) is 5.02 Å². The van der Waals surface area contributed by atoms with Gasteiger partial charge in [0.2, 0.25) is 5.91 Å². The molecule has 0 atom stereocenters. The second-order valence-corrected chi connectivity index (χ2v) is 4.28. The molecule has 1 N–H and O–H groups in total. The lowest BCUT2D eigenvalue weighted by molar-refractivity contribution is -0.121. The first-order valence-electron chi connectivity index (χ1n) is 5.42. The van der Waals surface area contributed by atoms with Crippen LogP contribution in [0.15, 0.2) is 24.3 Å². The Hall–Kier alpha value is -1.22. The fourth-order valence-corrected chi connectivity index (χ4v) is 1.53. The van der Waals surface area contributed by atoms with E-state index >= 15 is 0 Å². The summed E-state index contributed by atoms with van der Waals surface area (Å²) < 4.78 is 5.42. The number of amides is 1. The van der Waals surface area contributed by atoms with Gasteiger partial charge < -0.3 is 10.1 Å². The van der Waals surface area contributed by atoms with Crippen LogP contribution in [-0.2, 0) is 4.79 Å². The number of benzene rings is 1. The van der Waals surface area contributed by atoms with Gasteiger partial charge in [0.15, 0.2) is 0 Å². The van der Waals surface area contributed by atoms with Crippen LogP contribution in [0.25, 0.3) is 0 Å². The summed E-state index contributed by atoms with van der Waals surface area (Å²) in [6, 6.07) is 7.66. The second-order valence-electron chi connectivity index (χ2n) is 3.87. The third-order valence-electron chi connectivity index (χ3n) is 2.37. The van der Waals surface area contributed by atoms with E-state index in [9.17, 15) is 4.79 Å². The molecule has 1 aromatic rings. The fourth-order valence-electron chi connectivity index (χ4n) is 1.34. The molecule has 0 aliphatic heterocycles. The van der Waals surface area contributed by atoms with Crippen LogP contribution < -0.4 is 10.1 Å². The lowest BCUT2D eigenvalue weighted by atomic mass is 10.3. The van der Waals surface area contributed by atoms with Gasteiger partial charge in [0.05, 0.1) is 18.1 Å². The molecule has 1 aliphatic carbocycles. The number of hydrogen-bond acceptors (Lipinski definition) is 2. The molecule has 1 amide bonds. The van der Waals surface area contributed by atoms with Gasteiger partial charge >= 0.3 is 0 Å². The lowest BCUT2D eigenvalue weighted by Crippen LogP contribution is -2.26. The number of carbonyl (C=O) groups excluding carboxylic acids is 1. The van der Waals surface area contributed by atoms with E-state index in [1.807, 2.05) is 12.1 Å². The molecular formula is C12H14ClNO2. The van der Waals surface area contributed by atoms with E-state index in [-0.39, 0.29) is 5.91 Å². The topological polar surface area (TPSA) is 38.3 Å². The number of halogens is 1. The SMILES string of the molecule is O=C(CCOc1ccccc1Cl)NC1CC1. The minimum Gasteiger partial charge on any atom is -0.491 e. The van der Waals surface area contributed by atoms with Gasteiger partial charge in [0, 0.05) is 6.04 Å². The van der Waals surface area contributed by atoms with Crippen molar-refractivity contribution in [3.8, 4) is 5.75 Å². The maximum Gasteiger partial charge on any atom is 0.223 e. The molecule has 1 aromatic carbocycles. The van der Waals surface area contributed by atoms with E-state index in [4.69, 9.17) is 16.3 Å². The van der Waals surface area contributed by atoms with E-state index in [1.54, 1.807) is 12.1 Å². The van der Waals surface area contributed by atoms with Crippen LogP contribution in [0.3, 0.4) is 0 Å². The zero-order valence-corrected chi connectivity index (χ0v) is 9.67. The lowest BCUT2D eigenvalue weighted by Gasteiger charge is -2.07. The van der Waals surface area contributed by atoms with Crippen LogP contribution in [0, 0.1) is 0 Å². The van der Waals surface area contributed by atoms with Gasteiger partial charge in [-0.15, -0.1) is 0 Å². The summed E-state index contributed by atoms with van der Waals surface area (Å²) in [5.41, 5.74) is 0. The van der Waals surface area contributed by atoms with Crippen molar-refractivity contribution in [1.82, 2.24) is 5.32 Å². The first-order valence-corrected chi connectivity index (χ1v) is 5.80. The van der Waals surface area contributed by atoms with E-state index in [1.165, 1.54) is 0 Å². The maximum absolute atomic E-state index is 11.3. The summed E-state index contributed by atoms with van der Waals surface area (Å²) >= 11 is 5.91. The number of rotatable bonds is 5. The predicted octanol–water partition coefficient (Wildman–Crippen LogP) is 2.39. The summed E-state index contributed by atoms with van der Waals surface area (Å²) in [4.78, 5) is 11.3. The Kier molecular flexibility index (Phi) is 3.67. The molecule has 2 rings (SSSR count). The van der Waals surface area contributed by atoms with Crippen LogP contribution in [0.1, 0.15) is 19.3 Å². The van der Waals surface area contributed by atoms with Gasteiger partial charge in [-0.25, -0.2) is 0 Å². The molecule has 86 valence electrons. The van der Waals surface area contributed by atoms with Crippen molar-refractivity contribution in [1.29, 1.82) is 0 Å². The summed E-state index contributed by atoms with van der Waals surface area (Å²) in [7, 11) is 0. The Bertz CT molecular complexity index is 377. The van der Waals surface area contributed by atoms with Crippen molar-refractivity contribution in [2.45, 2.75) is 25.3 Å². The highest BCUT2D eigenvalue weighted by atomic mass is 35.5. The molecule has 0 spiro atoms. The number of hydrogen-bond donors (Lipinski definition) is 1. The smallest absolute Gasteiger partial charge is 0.223 e. The Labute approximate surface area is 99.7 Å². The largest absolute Gasteiger partial charge is 0.491 e. The van der Waals surface area contributed by atoms with Gasteiger partial charge in [-0.1, -0.05) is 23.7 Å². The number of nitrogens with one attached hydrogen (secondary N) is 1. The van der Waals surface area contributed by atoms with Gasteiger partial charge in [-0.05, 0) is 25.0 Å². The zero-order chi connectivity index (χ0) is 11.4. The van der Waals surface area contributed by atoms with Crippen LogP contribution in [-0.4, -0.2) is 18.6 Å². The summed E-state index contributed by atoms with van der Waals surface area (Å²) in [5.74, 6) is 0.679. The Morgan fingerprint density at radius 3 is 2.88 bits per heavy atom. The van der Waals surface area contributed by atoms with Gasteiger partial charge in [-0.3, -0.25) is 4.79 Å². The first-order chi connectivity index (χ1) is 7.75. The monoisotopic (exact) mass is 239 g/mol. The molecule has 1 saturated carbocycles. The van der Waals surface area contributed by atoms with E-state index < -0.39 is 0 Å². The average molecular weight is 240 g/mol. The molecule has 3 nitrogen and oxygen atoms in total. The molecule has 4 heteroatoms. The van der Waals surface area contributed by atoms with Gasteiger partial charge in [0.1, 0.15) is 5.75 Å². The minimum absolute atomic E-state index is 0.0505. The normalized spacial score (nSPS) is 14.6. The number of para-hydroxylation sites is 1. The predicted molar refractivity (Wildman–Crippen MR) is 62.7 cm³/mol. The molecule has 0 saturated heterocycles. The third-order valence-corrected chi connectivity index (χ3v) is 2.68.